The number of rotatable bonds is 6. The van der Waals surface area contributed by atoms with E-state index in [0.29, 0.717) is 12.8 Å². The normalized spacial score (nSPS) is 11.1. The Labute approximate surface area is 106 Å². The number of terminal acetylenes is 1. The summed E-state index contributed by atoms with van der Waals surface area (Å²) in [6.07, 6.45) is 7.04. The summed E-state index contributed by atoms with van der Waals surface area (Å²) in [5, 5.41) is 0. The lowest BCUT2D eigenvalue weighted by atomic mass is 10.2. The lowest BCUT2D eigenvalue weighted by Crippen LogP contribution is -2.25. The minimum atomic E-state index is -3.77. The van der Waals surface area contributed by atoms with Gasteiger partial charge in [-0.05, 0) is 31.0 Å². The van der Waals surface area contributed by atoms with Crippen molar-refractivity contribution in [3.63, 3.8) is 0 Å². The highest BCUT2D eigenvalue weighted by Crippen LogP contribution is 2.18. The van der Waals surface area contributed by atoms with E-state index >= 15 is 0 Å². The second-order valence-electron chi connectivity index (χ2n) is 3.74. The Balaban J connectivity index is 2.69. The average Bonchev–Trinajstić information content (AvgIpc) is 2.32. The third kappa shape index (κ3) is 4.02. The Hall–Kier alpha value is -1.58. The van der Waals surface area contributed by atoms with Crippen molar-refractivity contribution in [2.45, 2.75) is 24.2 Å². The zero-order valence-electron chi connectivity index (χ0n) is 9.82. The van der Waals surface area contributed by atoms with Gasteiger partial charge in [-0.3, -0.25) is 0 Å². The molecule has 3 N–H and O–H groups in total. The SMILES string of the molecule is C#CCCCCNS(=O)(=O)c1cc(F)ccc1N. The molecular formula is C12H15FN2O2S. The zero-order chi connectivity index (χ0) is 13.6. The van der Waals surface area contributed by atoms with E-state index in [1.165, 1.54) is 6.07 Å². The molecule has 0 aliphatic rings. The molecule has 0 heterocycles. The van der Waals surface area contributed by atoms with Crippen LogP contribution in [0, 0.1) is 18.2 Å². The lowest BCUT2D eigenvalue weighted by molar-refractivity contribution is 0.574. The van der Waals surface area contributed by atoms with Crippen molar-refractivity contribution >= 4 is 15.7 Å². The number of sulfonamides is 1. The molecule has 18 heavy (non-hydrogen) atoms. The van der Waals surface area contributed by atoms with Crippen molar-refractivity contribution < 1.29 is 12.8 Å². The molecule has 0 atom stereocenters. The molecule has 0 radical (unpaired) electrons. The van der Waals surface area contributed by atoms with Crippen LogP contribution in [0.4, 0.5) is 10.1 Å². The van der Waals surface area contributed by atoms with Crippen LogP contribution in [0.2, 0.25) is 0 Å². The molecule has 0 saturated carbocycles. The number of anilines is 1. The number of halogens is 1. The standard InChI is InChI=1S/C12H15FN2O2S/c1-2-3-4-5-8-15-18(16,17)12-9-10(13)6-7-11(12)14/h1,6-7,9,15H,3-5,8,14H2. The molecule has 1 aromatic carbocycles. The second-order valence-corrected chi connectivity index (χ2v) is 5.48. The van der Waals surface area contributed by atoms with Crippen molar-refractivity contribution in [2.75, 3.05) is 12.3 Å². The third-order valence-corrected chi connectivity index (χ3v) is 3.82. The first-order valence-corrected chi connectivity index (χ1v) is 6.94. The van der Waals surface area contributed by atoms with E-state index < -0.39 is 15.8 Å². The van der Waals surface area contributed by atoms with E-state index in [-0.39, 0.29) is 17.1 Å². The summed E-state index contributed by atoms with van der Waals surface area (Å²) in [5.41, 5.74) is 5.54. The predicted molar refractivity (Wildman–Crippen MR) is 68.7 cm³/mol. The van der Waals surface area contributed by atoms with Gasteiger partial charge >= 0.3 is 0 Å². The maximum atomic E-state index is 13.0. The summed E-state index contributed by atoms with van der Waals surface area (Å²) in [6, 6.07) is 3.24. The van der Waals surface area contributed by atoms with Crippen molar-refractivity contribution in [3.05, 3.63) is 24.0 Å². The van der Waals surface area contributed by atoms with E-state index in [0.717, 1.165) is 18.6 Å². The van der Waals surface area contributed by atoms with E-state index in [2.05, 4.69) is 10.6 Å². The van der Waals surface area contributed by atoms with Crippen LogP contribution in [0.15, 0.2) is 23.1 Å². The highest BCUT2D eigenvalue weighted by molar-refractivity contribution is 7.89. The molecule has 0 amide bonds. The molecule has 0 aromatic heterocycles. The fourth-order valence-corrected chi connectivity index (χ4v) is 2.59. The quantitative estimate of drug-likeness (QED) is 0.467. The summed E-state index contributed by atoms with van der Waals surface area (Å²) in [4.78, 5) is -0.237. The first kappa shape index (κ1) is 14.5. The van der Waals surface area contributed by atoms with Gasteiger partial charge in [-0.1, -0.05) is 0 Å². The Morgan fingerprint density at radius 3 is 2.78 bits per heavy atom. The summed E-state index contributed by atoms with van der Waals surface area (Å²) in [5.74, 6) is 1.83. The predicted octanol–water partition coefficient (Wildman–Crippen LogP) is 1.49. The smallest absolute Gasteiger partial charge is 0.242 e. The second kappa shape index (κ2) is 6.38. The monoisotopic (exact) mass is 270 g/mol. The van der Waals surface area contributed by atoms with E-state index in [1.807, 2.05) is 0 Å². The van der Waals surface area contributed by atoms with E-state index in [1.54, 1.807) is 0 Å². The molecule has 0 aliphatic heterocycles. The number of nitrogens with one attached hydrogen (secondary N) is 1. The number of hydrogen-bond acceptors (Lipinski definition) is 3. The summed E-state index contributed by atoms with van der Waals surface area (Å²) in [6.45, 7) is 0.250. The molecule has 0 spiro atoms. The van der Waals surface area contributed by atoms with Gasteiger partial charge in [-0.2, -0.15) is 0 Å². The van der Waals surface area contributed by atoms with E-state index in [4.69, 9.17) is 12.2 Å². The Morgan fingerprint density at radius 1 is 1.39 bits per heavy atom. The van der Waals surface area contributed by atoms with Crippen molar-refractivity contribution in [1.82, 2.24) is 4.72 Å². The molecule has 0 aliphatic carbocycles. The average molecular weight is 270 g/mol. The Morgan fingerprint density at radius 2 is 2.11 bits per heavy atom. The van der Waals surface area contributed by atoms with Gasteiger partial charge in [-0.25, -0.2) is 17.5 Å². The highest BCUT2D eigenvalue weighted by atomic mass is 32.2. The van der Waals surface area contributed by atoms with Crippen LogP contribution in [-0.2, 0) is 10.0 Å². The van der Waals surface area contributed by atoms with Crippen LogP contribution in [0.25, 0.3) is 0 Å². The fraction of sp³-hybridized carbons (Fsp3) is 0.333. The van der Waals surface area contributed by atoms with Gasteiger partial charge in [0.15, 0.2) is 0 Å². The van der Waals surface area contributed by atoms with Gasteiger partial charge in [-0.15, -0.1) is 12.3 Å². The highest BCUT2D eigenvalue weighted by Gasteiger charge is 2.17. The fourth-order valence-electron chi connectivity index (χ4n) is 1.38. The van der Waals surface area contributed by atoms with Crippen LogP contribution in [0.5, 0.6) is 0 Å². The number of hydrogen-bond donors (Lipinski definition) is 2. The molecule has 98 valence electrons. The topological polar surface area (TPSA) is 72.2 Å². The van der Waals surface area contributed by atoms with Gasteiger partial charge < -0.3 is 5.73 Å². The minimum Gasteiger partial charge on any atom is -0.398 e. The summed E-state index contributed by atoms with van der Waals surface area (Å²) < 4.78 is 39.0. The maximum absolute atomic E-state index is 13.0. The van der Waals surface area contributed by atoms with Gasteiger partial charge in [0.05, 0.1) is 5.69 Å². The first-order valence-electron chi connectivity index (χ1n) is 5.45. The Bertz CT molecular complexity index is 550. The molecule has 0 bridgehead atoms. The van der Waals surface area contributed by atoms with Crippen LogP contribution in [-0.4, -0.2) is 15.0 Å². The number of nitrogens with two attached hydrogens (primary N) is 1. The number of benzene rings is 1. The van der Waals surface area contributed by atoms with Crippen LogP contribution in [0.3, 0.4) is 0 Å². The number of nitrogen functional groups attached to an aromatic ring is 1. The third-order valence-electron chi connectivity index (χ3n) is 2.31. The van der Waals surface area contributed by atoms with Gasteiger partial charge in [0, 0.05) is 13.0 Å². The van der Waals surface area contributed by atoms with Crippen LogP contribution < -0.4 is 10.5 Å². The van der Waals surface area contributed by atoms with E-state index in [9.17, 15) is 12.8 Å². The molecule has 1 aromatic rings. The molecule has 0 unspecified atom stereocenters. The molecule has 6 heteroatoms. The molecular weight excluding hydrogens is 255 g/mol. The van der Waals surface area contributed by atoms with Gasteiger partial charge in [0.1, 0.15) is 10.7 Å². The largest absolute Gasteiger partial charge is 0.398 e. The first-order chi connectivity index (χ1) is 8.47. The summed E-state index contributed by atoms with van der Waals surface area (Å²) in [7, 11) is -3.77. The molecule has 0 saturated heterocycles. The van der Waals surface area contributed by atoms with Gasteiger partial charge in [0.2, 0.25) is 10.0 Å². The molecule has 0 fully saturated rings. The number of unbranched alkanes of at least 4 members (excludes halogenated alkanes) is 2. The molecule has 4 nitrogen and oxygen atoms in total. The summed E-state index contributed by atoms with van der Waals surface area (Å²) >= 11 is 0. The Kier molecular flexibility index (Phi) is 5.13. The van der Waals surface area contributed by atoms with Crippen molar-refractivity contribution in [2.24, 2.45) is 0 Å². The van der Waals surface area contributed by atoms with Gasteiger partial charge in [0.25, 0.3) is 0 Å². The van der Waals surface area contributed by atoms with Crippen molar-refractivity contribution in [3.8, 4) is 12.3 Å². The van der Waals surface area contributed by atoms with Crippen LogP contribution in [0.1, 0.15) is 19.3 Å². The minimum absolute atomic E-state index is 0.0209. The van der Waals surface area contributed by atoms with Crippen molar-refractivity contribution in [1.29, 1.82) is 0 Å². The zero-order valence-corrected chi connectivity index (χ0v) is 10.6. The molecule has 1 rings (SSSR count). The maximum Gasteiger partial charge on any atom is 0.242 e. The van der Waals surface area contributed by atoms with Crippen LogP contribution >= 0.6 is 0 Å². The lowest BCUT2D eigenvalue weighted by Gasteiger charge is -2.08.